The van der Waals surface area contributed by atoms with E-state index in [2.05, 4.69) is 0 Å². The van der Waals surface area contributed by atoms with Crippen molar-refractivity contribution in [2.75, 3.05) is 13.3 Å². The van der Waals surface area contributed by atoms with Crippen LogP contribution in [0.5, 0.6) is 0 Å². The van der Waals surface area contributed by atoms with Gasteiger partial charge in [0.25, 0.3) is 0 Å². The molecule has 5 N–H and O–H groups in total. The average Bonchev–Trinajstić information content (AvgIpc) is 2.74. The molecule has 2 aromatic rings. The third-order valence-corrected chi connectivity index (χ3v) is 5.39. The number of halogens is 1. The third kappa shape index (κ3) is 4.83. The summed E-state index contributed by atoms with van der Waals surface area (Å²) in [7, 11) is 0. The minimum Gasteiger partial charge on any atom is -0.394 e. The maximum atomic E-state index is 12.5. The Morgan fingerprint density at radius 1 is 0.828 bits per heavy atom. The summed E-state index contributed by atoms with van der Waals surface area (Å²) in [4.78, 5) is 0. The summed E-state index contributed by atoms with van der Waals surface area (Å²) < 4.78 is 18.1. The first-order chi connectivity index (χ1) is 14.0. The molecule has 0 radical (unpaired) electrons. The van der Waals surface area contributed by atoms with Gasteiger partial charge in [-0.3, -0.25) is 4.39 Å². The lowest BCUT2D eigenvalue weighted by molar-refractivity contribution is -0.232. The van der Waals surface area contributed by atoms with E-state index in [4.69, 9.17) is 4.74 Å². The zero-order valence-corrected chi connectivity index (χ0v) is 16.0. The fraction of sp³-hybridized carbons (Fsp3) is 0.455. The lowest BCUT2D eigenvalue weighted by Gasteiger charge is -2.40. The number of benzene rings is 2. The quantitative estimate of drug-likeness (QED) is 0.465. The van der Waals surface area contributed by atoms with E-state index in [-0.39, 0.29) is 6.61 Å². The zero-order chi connectivity index (χ0) is 21.0. The van der Waals surface area contributed by atoms with Gasteiger partial charge in [-0.05, 0) is 34.2 Å². The van der Waals surface area contributed by atoms with Crippen molar-refractivity contribution in [3.8, 4) is 0 Å². The van der Waals surface area contributed by atoms with Gasteiger partial charge in [-0.15, -0.1) is 0 Å². The van der Waals surface area contributed by atoms with E-state index in [1.165, 1.54) is 0 Å². The molecule has 1 aliphatic heterocycles. The van der Waals surface area contributed by atoms with Gasteiger partial charge < -0.3 is 30.3 Å². The first-order valence-electron chi connectivity index (χ1n) is 9.65. The summed E-state index contributed by atoms with van der Waals surface area (Å²) in [6.45, 7) is -1.20. The molecule has 0 aromatic heterocycles. The fourth-order valence-corrected chi connectivity index (χ4v) is 3.69. The van der Waals surface area contributed by atoms with Gasteiger partial charge in [0.15, 0.2) is 0 Å². The number of aryl methyl sites for hydroxylation is 1. The summed E-state index contributed by atoms with van der Waals surface area (Å²) >= 11 is 0. The average molecular weight is 406 g/mol. The Hall–Kier alpha value is -1.87. The molecule has 0 aliphatic carbocycles. The van der Waals surface area contributed by atoms with Crippen LogP contribution in [-0.2, 0) is 24.2 Å². The molecule has 1 saturated heterocycles. The van der Waals surface area contributed by atoms with Crippen LogP contribution in [0.1, 0.15) is 33.9 Å². The van der Waals surface area contributed by atoms with Crippen LogP contribution in [-0.4, -0.2) is 63.2 Å². The number of aliphatic hydroxyl groups excluding tert-OH is 5. The van der Waals surface area contributed by atoms with Gasteiger partial charge >= 0.3 is 0 Å². The van der Waals surface area contributed by atoms with Crippen LogP contribution in [0.3, 0.4) is 0 Å². The highest BCUT2D eigenvalue weighted by Crippen LogP contribution is 2.35. The van der Waals surface area contributed by atoms with Gasteiger partial charge in [0.2, 0.25) is 0 Å². The molecule has 1 fully saturated rings. The van der Waals surface area contributed by atoms with Gasteiger partial charge in [0.1, 0.15) is 30.5 Å². The largest absolute Gasteiger partial charge is 0.394 e. The second-order valence-corrected chi connectivity index (χ2v) is 7.37. The number of rotatable bonds is 7. The Balaban J connectivity index is 1.86. The number of hydrogen-bond donors (Lipinski definition) is 5. The fourth-order valence-electron chi connectivity index (χ4n) is 3.69. The van der Waals surface area contributed by atoms with Crippen LogP contribution in [0.2, 0.25) is 0 Å². The Kier molecular flexibility index (Phi) is 7.34. The van der Waals surface area contributed by atoms with E-state index in [0.717, 1.165) is 16.7 Å². The molecule has 0 spiro atoms. The molecule has 158 valence electrons. The van der Waals surface area contributed by atoms with Crippen molar-refractivity contribution in [1.29, 1.82) is 0 Å². The molecule has 2 aromatic carbocycles. The molecular weight excluding hydrogens is 379 g/mol. The van der Waals surface area contributed by atoms with Crippen molar-refractivity contribution in [2.24, 2.45) is 0 Å². The van der Waals surface area contributed by atoms with Gasteiger partial charge in [0.05, 0.1) is 19.9 Å². The number of alkyl halides is 1. The molecular formula is C22H27FO6. The van der Waals surface area contributed by atoms with Crippen LogP contribution in [0.4, 0.5) is 4.39 Å². The van der Waals surface area contributed by atoms with Crippen LogP contribution in [0.15, 0.2) is 42.5 Å². The normalized spacial score (nSPS) is 27.2. The summed E-state index contributed by atoms with van der Waals surface area (Å²) in [5.74, 6) is 0. The van der Waals surface area contributed by atoms with E-state index < -0.39 is 43.8 Å². The minimum absolute atomic E-state index is 0.289. The second kappa shape index (κ2) is 9.75. The molecule has 6 nitrogen and oxygen atoms in total. The van der Waals surface area contributed by atoms with Gasteiger partial charge in [0, 0.05) is 6.42 Å². The number of ether oxygens (including phenoxy) is 1. The SMILES string of the molecule is OCc1ccc(Cc2ccc(CCF)cc2)cc1[C@@H]1O[C@H](CO)[C@@H](O)[C@H](O)[C@H]1O. The topological polar surface area (TPSA) is 110 Å². The van der Waals surface area contributed by atoms with Crippen molar-refractivity contribution in [2.45, 2.75) is 50.0 Å². The molecule has 0 saturated carbocycles. The maximum Gasteiger partial charge on any atom is 0.113 e. The second-order valence-electron chi connectivity index (χ2n) is 7.37. The molecule has 1 heterocycles. The van der Waals surface area contributed by atoms with E-state index >= 15 is 0 Å². The van der Waals surface area contributed by atoms with E-state index in [9.17, 15) is 29.9 Å². The van der Waals surface area contributed by atoms with Gasteiger partial charge in [-0.2, -0.15) is 0 Å². The molecule has 3 rings (SSSR count). The standard InChI is InChI=1S/C22H27FO6/c23-8-7-13-1-3-14(4-2-13)9-15-5-6-16(11-24)17(10-15)22-21(28)20(27)19(26)18(12-25)29-22/h1-6,10,18-22,24-28H,7-9,11-12H2/t18-,19-,20+,21-,22+/m1/s1. The molecule has 0 bridgehead atoms. The number of hydrogen-bond acceptors (Lipinski definition) is 6. The molecule has 29 heavy (non-hydrogen) atoms. The summed E-state index contributed by atoms with van der Waals surface area (Å²) in [6, 6.07) is 13.0. The Labute approximate surface area is 168 Å². The zero-order valence-electron chi connectivity index (χ0n) is 16.0. The van der Waals surface area contributed by atoms with Crippen LogP contribution in [0.25, 0.3) is 0 Å². The predicted octanol–water partition coefficient (Wildman–Crippen LogP) is 0.797. The Morgan fingerprint density at radius 3 is 2.10 bits per heavy atom. The highest BCUT2D eigenvalue weighted by atomic mass is 19.1. The highest BCUT2D eigenvalue weighted by molar-refractivity contribution is 5.37. The monoisotopic (exact) mass is 406 g/mol. The van der Waals surface area contributed by atoms with Crippen LogP contribution >= 0.6 is 0 Å². The van der Waals surface area contributed by atoms with E-state index in [1.54, 1.807) is 12.1 Å². The lowest BCUT2D eigenvalue weighted by atomic mass is 9.88. The van der Waals surface area contributed by atoms with Crippen LogP contribution < -0.4 is 0 Å². The highest BCUT2D eigenvalue weighted by Gasteiger charge is 2.44. The predicted molar refractivity (Wildman–Crippen MR) is 104 cm³/mol. The van der Waals surface area contributed by atoms with E-state index in [0.29, 0.717) is 24.0 Å². The molecule has 5 atom stereocenters. The van der Waals surface area contributed by atoms with Crippen molar-refractivity contribution in [1.82, 2.24) is 0 Å². The summed E-state index contributed by atoms with van der Waals surface area (Å²) in [6.07, 6.45) is -5.39. The van der Waals surface area contributed by atoms with Crippen molar-refractivity contribution < 1.29 is 34.7 Å². The van der Waals surface area contributed by atoms with Crippen molar-refractivity contribution in [3.05, 3.63) is 70.3 Å². The van der Waals surface area contributed by atoms with Crippen molar-refractivity contribution >= 4 is 0 Å². The third-order valence-electron chi connectivity index (χ3n) is 5.39. The maximum absolute atomic E-state index is 12.5. The van der Waals surface area contributed by atoms with Gasteiger partial charge in [-0.1, -0.05) is 42.5 Å². The molecule has 0 amide bonds. The Bertz CT molecular complexity index is 794. The smallest absolute Gasteiger partial charge is 0.113 e. The van der Waals surface area contributed by atoms with Crippen LogP contribution in [0, 0.1) is 0 Å². The first-order valence-corrected chi connectivity index (χ1v) is 9.65. The summed E-state index contributed by atoms with van der Waals surface area (Å²) in [5, 5.41) is 49.6. The molecule has 0 unspecified atom stereocenters. The van der Waals surface area contributed by atoms with Gasteiger partial charge in [-0.25, -0.2) is 0 Å². The minimum atomic E-state index is -1.48. The number of aliphatic hydroxyl groups is 5. The summed E-state index contributed by atoms with van der Waals surface area (Å²) in [5.41, 5.74) is 3.86. The Morgan fingerprint density at radius 2 is 1.48 bits per heavy atom. The van der Waals surface area contributed by atoms with E-state index in [1.807, 2.05) is 30.3 Å². The lowest BCUT2D eigenvalue weighted by Crippen LogP contribution is -2.55. The first kappa shape index (κ1) is 21.8. The molecule has 7 heteroatoms. The van der Waals surface area contributed by atoms with Crippen molar-refractivity contribution in [3.63, 3.8) is 0 Å². The molecule has 1 aliphatic rings.